The molecule has 220 valence electrons. The van der Waals surface area contributed by atoms with Crippen LogP contribution in [0.3, 0.4) is 0 Å². The van der Waals surface area contributed by atoms with Gasteiger partial charge < -0.3 is 19.1 Å². The molecule has 3 atom stereocenters. The predicted molar refractivity (Wildman–Crippen MR) is 165 cm³/mol. The average Bonchev–Trinajstić information content (AvgIpc) is 3.98. The third-order valence-corrected chi connectivity index (χ3v) is 9.67. The van der Waals surface area contributed by atoms with Gasteiger partial charge in [0.05, 0.1) is 25.9 Å². The summed E-state index contributed by atoms with van der Waals surface area (Å²) >= 11 is 0. The fraction of sp³-hybridized carbons (Fsp3) is 0.368. The Morgan fingerprint density at radius 3 is 2.21 bits per heavy atom. The maximum absolute atomic E-state index is 6.13. The van der Waals surface area contributed by atoms with Crippen molar-refractivity contribution in [3.63, 3.8) is 0 Å². The summed E-state index contributed by atoms with van der Waals surface area (Å²) in [5, 5.41) is 0. The van der Waals surface area contributed by atoms with E-state index in [1.165, 1.54) is 38.9 Å². The lowest BCUT2D eigenvalue weighted by molar-refractivity contribution is -0.218. The minimum absolute atomic E-state index is 0.0402. The molecule has 0 saturated carbocycles. The van der Waals surface area contributed by atoms with E-state index in [0.29, 0.717) is 12.7 Å². The fourth-order valence-electron chi connectivity index (χ4n) is 7.36. The molecule has 0 N–H and O–H groups in total. The molecule has 2 fully saturated rings. The van der Waals surface area contributed by atoms with Crippen molar-refractivity contribution in [2.45, 2.75) is 69.2 Å². The highest BCUT2D eigenvalue weighted by Crippen LogP contribution is 2.56. The van der Waals surface area contributed by atoms with Crippen molar-refractivity contribution in [3.05, 3.63) is 129 Å². The Labute approximate surface area is 253 Å². The van der Waals surface area contributed by atoms with Crippen molar-refractivity contribution in [1.82, 2.24) is 0 Å². The molecule has 0 aromatic heterocycles. The highest BCUT2D eigenvalue weighted by molar-refractivity contribution is 5.61. The summed E-state index contributed by atoms with van der Waals surface area (Å²) in [4.78, 5) is 12.0. The second-order valence-electron chi connectivity index (χ2n) is 12.5. The van der Waals surface area contributed by atoms with Gasteiger partial charge in [0.2, 0.25) is 0 Å². The second-order valence-corrected chi connectivity index (χ2v) is 12.5. The van der Waals surface area contributed by atoms with E-state index in [9.17, 15) is 0 Å². The van der Waals surface area contributed by atoms with Crippen LogP contribution in [0.5, 0.6) is 11.5 Å². The van der Waals surface area contributed by atoms with Gasteiger partial charge in [0.25, 0.3) is 0 Å². The van der Waals surface area contributed by atoms with Crippen molar-refractivity contribution in [2.75, 3.05) is 19.8 Å². The topological polar surface area (TPSA) is 52.8 Å². The summed E-state index contributed by atoms with van der Waals surface area (Å²) in [6.45, 7) is 2.88. The van der Waals surface area contributed by atoms with Gasteiger partial charge in [-0.15, -0.1) is 0 Å². The van der Waals surface area contributed by atoms with Crippen molar-refractivity contribution in [1.29, 1.82) is 0 Å². The van der Waals surface area contributed by atoms with Crippen LogP contribution in [0.2, 0.25) is 0 Å². The van der Waals surface area contributed by atoms with E-state index in [1.807, 2.05) is 0 Å². The Bertz CT molecular complexity index is 1580. The van der Waals surface area contributed by atoms with Crippen molar-refractivity contribution < 1.29 is 24.0 Å². The normalized spacial score (nSPS) is 22.8. The number of benzene rings is 4. The summed E-state index contributed by atoms with van der Waals surface area (Å²) in [5.74, 6) is 1.80. The van der Waals surface area contributed by atoms with Gasteiger partial charge in [-0.3, -0.25) is 0 Å². The van der Waals surface area contributed by atoms with Gasteiger partial charge in [-0.05, 0) is 102 Å². The van der Waals surface area contributed by atoms with Gasteiger partial charge in [-0.25, -0.2) is 0 Å². The summed E-state index contributed by atoms with van der Waals surface area (Å²) in [5.41, 5.74) is 10.7. The van der Waals surface area contributed by atoms with Gasteiger partial charge >= 0.3 is 0 Å². The molecular weight excluding hydrogens is 536 g/mol. The van der Waals surface area contributed by atoms with Gasteiger partial charge in [0.15, 0.2) is 5.75 Å². The Hall–Kier alpha value is -3.64. The SMILES string of the molecule is c1cc2c(c(Cc3ccc(OCCCC4CO4)cc3)c1)C1(CC2)CCc2cccc(OOCc3ccc(C4CO4)cc3)c21. The molecule has 4 aliphatic rings. The molecule has 3 unspecified atom stereocenters. The predicted octanol–water partition coefficient (Wildman–Crippen LogP) is 7.60. The Kier molecular flexibility index (Phi) is 7.18. The number of hydrogen-bond acceptors (Lipinski definition) is 5. The minimum Gasteiger partial charge on any atom is -0.494 e. The molecule has 2 aliphatic heterocycles. The third-order valence-electron chi connectivity index (χ3n) is 9.67. The van der Waals surface area contributed by atoms with Crippen molar-refractivity contribution in [3.8, 4) is 11.5 Å². The molecular formula is C38H38O5. The molecule has 4 aromatic carbocycles. The van der Waals surface area contributed by atoms with E-state index < -0.39 is 0 Å². The van der Waals surface area contributed by atoms with Gasteiger partial charge in [-0.1, -0.05) is 66.7 Å². The Balaban J connectivity index is 0.996. The lowest BCUT2D eigenvalue weighted by Crippen LogP contribution is -2.24. The van der Waals surface area contributed by atoms with E-state index >= 15 is 0 Å². The summed E-state index contributed by atoms with van der Waals surface area (Å²) in [7, 11) is 0. The van der Waals surface area contributed by atoms with Crippen LogP contribution in [-0.4, -0.2) is 25.9 Å². The minimum atomic E-state index is -0.0402. The molecule has 0 bridgehead atoms. The number of epoxide rings is 2. The van der Waals surface area contributed by atoms with E-state index in [0.717, 1.165) is 81.8 Å². The standard InChI is InChI=1S/C38H38O5/c1-4-29-17-19-38(36(29)31(6-1)22-26-11-15-32(16-12-26)39-21-3-7-33-24-40-33)20-18-30-5-2-8-34(37(30)38)43-42-23-27-9-13-28(14-10-27)35-25-41-35/h1-2,4-6,8-16,33,35H,3,7,17-25H2. The summed E-state index contributed by atoms with van der Waals surface area (Å²) in [6, 6.07) is 30.4. The smallest absolute Gasteiger partial charge is 0.169 e. The summed E-state index contributed by atoms with van der Waals surface area (Å²) in [6.07, 6.45) is 8.13. The molecule has 5 heteroatoms. The fourth-order valence-corrected chi connectivity index (χ4v) is 7.36. The van der Waals surface area contributed by atoms with Crippen LogP contribution in [0.15, 0.2) is 84.9 Å². The first-order chi connectivity index (χ1) is 21.2. The van der Waals surface area contributed by atoms with Crippen LogP contribution in [0, 0.1) is 0 Å². The van der Waals surface area contributed by atoms with Crippen LogP contribution in [0.4, 0.5) is 0 Å². The first kappa shape index (κ1) is 26.9. The van der Waals surface area contributed by atoms with Crippen LogP contribution >= 0.6 is 0 Å². The largest absolute Gasteiger partial charge is 0.494 e. The number of fused-ring (bicyclic) bond motifs is 4. The molecule has 2 saturated heterocycles. The van der Waals surface area contributed by atoms with E-state index in [-0.39, 0.29) is 11.5 Å². The van der Waals surface area contributed by atoms with E-state index in [1.54, 1.807) is 0 Å². The van der Waals surface area contributed by atoms with Crippen LogP contribution < -0.4 is 9.62 Å². The first-order valence-electron chi connectivity index (χ1n) is 15.8. The Morgan fingerprint density at radius 1 is 0.744 bits per heavy atom. The lowest BCUT2D eigenvalue weighted by atomic mass is 9.74. The zero-order chi connectivity index (χ0) is 28.6. The van der Waals surface area contributed by atoms with Crippen molar-refractivity contribution in [2.24, 2.45) is 0 Å². The molecule has 2 aliphatic carbocycles. The van der Waals surface area contributed by atoms with Gasteiger partial charge in [0.1, 0.15) is 18.5 Å². The van der Waals surface area contributed by atoms with Gasteiger partial charge in [0, 0.05) is 11.0 Å². The van der Waals surface area contributed by atoms with Crippen molar-refractivity contribution >= 4 is 0 Å². The summed E-state index contributed by atoms with van der Waals surface area (Å²) < 4.78 is 16.7. The molecule has 1 spiro atoms. The molecule has 5 nitrogen and oxygen atoms in total. The van der Waals surface area contributed by atoms with E-state index in [4.69, 9.17) is 24.0 Å². The monoisotopic (exact) mass is 574 g/mol. The molecule has 0 radical (unpaired) electrons. The second kappa shape index (κ2) is 11.5. The highest BCUT2D eigenvalue weighted by Gasteiger charge is 2.48. The highest BCUT2D eigenvalue weighted by atomic mass is 17.2. The van der Waals surface area contributed by atoms with E-state index in [2.05, 4.69) is 84.9 Å². The lowest BCUT2D eigenvalue weighted by Gasteiger charge is -2.30. The number of hydrogen-bond donors (Lipinski definition) is 0. The number of aryl methyl sites for hydroxylation is 2. The zero-order valence-corrected chi connectivity index (χ0v) is 24.6. The molecule has 43 heavy (non-hydrogen) atoms. The maximum atomic E-state index is 6.13. The molecule has 4 aromatic rings. The van der Waals surface area contributed by atoms with Gasteiger partial charge in [-0.2, -0.15) is 4.89 Å². The third kappa shape index (κ3) is 5.58. The average molecular weight is 575 g/mol. The molecule has 0 amide bonds. The van der Waals surface area contributed by atoms with Crippen LogP contribution in [0.25, 0.3) is 0 Å². The number of rotatable bonds is 12. The maximum Gasteiger partial charge on any atom is 0.169 e. The van der Waals surface area contributed by atoms with Crippen LogP contribution in [0.1, 0.15) is 76.3 Å². The van der Waals surface area contributed by atoms with Crippen LogP contribution in [-0.2, 0) is 45.6 Å². The quantitative estimate of drug-likeness (QED) is 0.0755. The number of ether oxygens (including phenoxy) is 3. The molecule has 2 heterocycles. The first-order valence-corrected chi connectivity index (χ1v) is 15.8. The zero-order valence-electron chi connectivity index (χ0n) is 24.6. The Morgan fingerprint density at radius 2 is 1.47 bits per heavy atom. The molecule has 8 rings (SSSR count).